The van der Waals surface area contributed by atoms with E-state index in [1.807, 2.05) is 13.0 Å². The van der Waals surface area contributed by atoms with Gasteiger partial charge in [0.15, 0.2) is 0 Å². The molecule has 1 spiro atoms. The van der Waals surface area contributed by atoms with Crippen LogP contribution in [0, 0.1) is 12.3 Å². The maximum Gasteiger partial charge on any atom is 0.122 e. The highest BCUT2D eigenvalue weighted by Crippen LogP contribution is 2.36. The van der Waals surface area contributed by atoms with Gasteiger partial charge >= 0.3 is 0 Å². The quantitative estimate of drug-likeness (QED) is 0.927. The number of aryl methyl sites for hydroxylation is 1. The van der Waals surface area contributed by atoms with Crippen LogP contribution in [-0.2, 0) is 6.54 Å². The normalized spacial score (nSPS) is 27.0. The van der Waals surface area contributed by atoms with Crippen molar-refractivity contribution < 1.29 is 4.74 Å². The van der Waals surface area contributed by atoms with Gasteiger partial charge in [-0.15, -0.1) is 0 Å². The van der Waals surface area contributed by atoms with Crippen LogP contribution < -0.4 is 10.1 Å². The maximum atomic E-state index is 5.37. The zero-order valence-corrected chi connectivity index (χ0v) is 13.3. The second-order valence-electron chi connectivity index (χ2n) is 6.73. The minimum atomic E-state index is 0.504. The Morgan fingerprint density at radius 1 is 1.33 bits per heavy atom. The molecule has 2 aliphatic heterocycles. The fourth-order valence-corrected chi connectivity index (χ4v) is 3.95. The molecule has 4 heteroatoms. The molecule has 1 aromatic rings. The summed E-state index contributed by atoms with van der Waals surface area (Å²) in [6, 6.07) is 4.07. The number of hydrogen-bond acceptors (Lipinski definition) is 4. The maximum absolute atomic E-state index is 5.37. The Bertz CT molecular complexity index is 477. The number of methoxy groups -OCH3 is 1. The van der Waals surface area contributed by atoms with Gasteiger partial charge in [0.2, 0.25) is 0 Å². The molecular formula is C17H27N3O. The van der Waals surface area contributed by atoms with E-state index in [-0.39, 0.29) is 0 Å². The largest absolute Gasteiger partial charge is 0.497 e. The number of pyridine rings is 1. The van der Waals surface area contributed by atoms with E-state index in [0.29, 0.717) is 5.41 Å². The molecular weight excluding hydrogens is 262 g/mol. The number of likely N-dealkylation sites (tertiary alicyclic amines) is 1. The minimum Gasteiger partial charge on any atom is -0.497 e. The molecule has 21 heavy (non-hydrogen) atoms. The summed E-state index contributed by atoms with van der Waals surface area (Å²) in [5.74, 6) is 0.920. The number of nitrogens with zero attached hydrogens (tertiary/aromatic N) is 2. The number of ether oxygens (including phenoxy) is 1. The summed E-state index contributed by atoms with van der Waals surface area (Å²) in [4.78, 5) is 7.25. The van der Waals surface area contributed by atoms with E-state index in [2.05, 4.69) is 21.3 Å². The summed E-state index contributed by atoms with van der Waals surface area (Å²) >= 11 is 0. The van der Waals surface area contributed by atoms with E-state index in [9.17, 15) is 0 Å². The SMILES string of the molecule is COc1cc(C)nc(CN2CCCC3(CCCNC3)C2)c1. The van der Waals surface area contributed by atoms with Crippen molar-refractivity contribution in [2.45, 2.75) is 39.2 Å². The van der Waals surface area contributed by atoms with Crippen molar-refractivity contribution in [1.82, 2.24) is 15.2 Å². The molecule has 0 saturated carbocycles. The Labute approximate surface area is 127 Å². The molecule has 1 unspecified atom stereocenters. The number of aromatic nitrogens is 1. The lowest BCUT2D eigenvalue weighted by atomic mass is 9.74. The average molecular weight is 289 g/mol. The molecule has 0 bridgehead atoms. The van der Waals surface area contributed by atoms with Crippen molar-refractivity contribution in [3.05, 3.63) is 23.5 Å². The van der Waals surface area contributed by atoms with Crippen LogP contribution in [-0.4, -0.2) is 43.2 Å². The topological polar surface area (TPSA) is 37.4 Å². The van der Waals surface area contributed by atoms with Crippen molar-refractivity contribution >= 4 is 0 Å². The predicted molar refractivity (Wildman–Crippen MR) is 84.6 cm³/mol. The molecule has 1 aromatic heterocycles. The Hall–Kier alpha value is -1.13. The van der Waals surface area contributed by atoms with Gasteiger partial charge in [0, 0.05) is 37.5 Å². The number of rotatable bonds is 3. The number of hydrogen-bond donors (Lipinski definition) is 1. The van der Waals surface area contributed by atoms with Crippen LogP contribution in [0.1, 0.15) is 37.1 Å². The molecule has 3 rings (SSSR count). The van der Waals surface area contributed by atoms with E-state index < -0.39 is 0 Å². The molecule has 1 atom stereocenters. The first kappa shape index (κ1) is 14.8. The van der Waals surface area contributed by atoms with E-state index in [4.69, 9.17) is 4.74 Å². The van der Waals surface area contributed by atoms with Crippen LogP contribution in [0.5, 0.6) is 5.75 Å². The van der Waals surface area contributed by atoms with Crippen molar-refractivity contribution in [3.8, 4) is 5.75 Å². The average Bonchev–Trinajstić information content (AvgIpc) is 2.47. The molecule has 116 valence electrons. The van der Waals surface area contributed by atoms with Crippen LogP contribution in [0.25, 0.3) is 0 Å². The Kier molecular flexibility index (Phi) is 4.45. The molecule has 2 aliphatic rings. The third-order valence-electron chi connectivity index (χ3n) is 4.90. The zero-order chi connectivity index (χ0) is 14.7. The first-order chi connectivity index (χ1) is 10.2. The van der Waals surface area contributed by atoms with Gasteiger partial charge in [-0.25, -0.2) is 0 Å². The van der Waals surface area contributed by atoms with E-state index in [1.54, 1.807) is 7.11 Å². The fourth-order valence-electron chi connectivity index (χ4n) is 3.95. The first-order valence-corrected chi connectivity index (χ1v) is 8.14. The van der Waals surface area contributed by atoms with Crippen LogP contribution in [0.3, 0.4) is 0 Å². The second-order valence-corrected chi connectivity index (χ2v) is 6.73. The highest BCUT2D eigenvalue weighted by molar-refractivity contribution is 5.26. The summed E-state index contributed by atoms with van der Waals surface area (Å²) < 4.78 is 5.37. The summed E-state index contributed by atoms with van der Waals surface area (Å²) in [5.41, 5.74) is 2.67. The molecule has 2 saturated heterocycles. The molecule has 4 nitrogen and oxygen atoms in total. The first-order valence-electron chi connectivity index (χ1n) is 8.14. The van der Waals surface area contributed by atoms with Gasteiger partial charge < -0.3 is 10.1 Å². The lowest BCUT2D eigenvalue weighted by Crippen LogP contribution is -2.50. The summed E-state index contributed by atoms with van der Waals surface area (Å²) in [7, 11) is 1.72. The van der Waals surface area contributed by atoms with E-state index in [1.165, 1.54) is 51.9 Å². The van der Waals surface area contributed by atoms with Crippen molar-refractivity contribution in [2.24, 2.45) is 5.41 Å². The van der Waals surface area contributed by atoms with Gasteiger partial charge in [-0.3, -0.25) is 9.88 Å². The highest BCUT2D eigenvalue weighted by atomic mass is 16.5. The summed E-state index contributed by atoms with van der Waals surface area (Å²) in [6.45, 7) is 7.76. The summed E-state index contributed by atoms with van der Waals surface area (Å²) in [6.07, 6.45) is 5.39. The lowest BCUT2D eigenvalue weighted by Gasteiger charge is -2.45. The van der Waals surface area contributed by atoms with Crippen LogP contribution in [0.4, 0.5) is 0 Å². The standard InChI is InChI=1S/C17H27N3O/c1-14-9-16(21-2)10-15(19-14)11-20-8-4-6-17(13-20)5-3-7-18-12-17/h9-10,18H,3-8,11-13H2,1-2H3. The molecule has 0 aliphatic carbocycles. The molecule has 0 radical (unpaired) electrons. The molecule has 2 fully saturated rings. The smallest absolute Gasteiger partial charge is 0.122 e. The lowest BCUT2D eigenvalue weighted by molar-refractivity contribution is 0.0593. The van der Waals surface area contributed by atoms with Gasteiger partial charge in [0.25, 0.3) is 0 Å². The minimum absolute atomic E-state index is 0.504. The van der Waals surface area contributed by atoms with Gasteiger partial charge in [-0.2, -0.15) is 0 Å². The Balaban J connectivity index is 1.68. The van der Waals surface area contributed by atoms with Crippen molar-refractivity contribution in [3.63, 3.8) is 0 Å². The predicted octanol–water partition coefficient (Wildman–Crippen LogP) is 2.36. The van der Waals surface area contributed by atoms with E-state index >= 15 is 0 Å². The summed E-state index contributed by atoms with van der Waals surface area (Å²) in [5, 5.41) is 3.59. The van der Waals surface area contributed by atoms with Gasteiger partial charge in [0.1, 0.15) is 5.75 Å². The van der Waals surface area contributed by atoms with Gasteiger partial charge in [-0.1, -0.05) is 0 Å². The van der Waals surface area contributed by atoms with E-state index in [0.717, 1.165) is 23.7 Å². The molecule has 0 amide bonds. The van der Waals surface area contributed by atoms with Crippen LogP contribution in [0.15, 0.2) is 12.1 Å². The third-order valence-corrected chi connectivity index (χ3v) is 4.90. The zero-order valence-electron chi connectivity index (χ0n) is 13.3. The Morgan fingerprint density at radius 3 is 2.95 bits per heavy atom. The Morgan fingerprint density at radius 2 is 2.19 bits per heavy atom. The monoisotopic (exact) mass is 289 g/mol. The van der Waals surface area contributed by atoms with Gasteiger partial charge in [-0.05, 0) is 51.1 Å². The van der Waals surface area contributed by atoms with Crippen molar-refractivity contribution in [2.75, 3.05) is 33.3 Å². The second kappa shape index (κ2) is 6.32. The highest BCUT2D eigenvalue weighted by Gasteiger charge is 2.36. The van der Waals surface area contributed by atoms with Gasteiger partial charge in [0.05, 0.1) is 12.8 Å². The fraction of sp³-hybridized carbons (Fsp3) is 0.706. The number of nitrogens with one attached hydrogen (secondary N) is 1. The van der Waals surface area contributed by atoms with Crippen LogP contribution in [0.2, 0.25) is 0 Å². The molecule has 3 heterocycles. The number of piperidine rings is 2. The van der Waals surface area contributed by atoms with Crippen LogP contribution >= 0.6 is 0 Å². The molecule has 0 aromatic carbocycles. The van der Waals surface area contributed by atoms with Crippen molar-refractivity contribution in [1.29, 1.82) is 0 Å². The molecule has 1 N–H and O–H groups in total. The third kappa shape index (κ3) is 3.55.